The number of nitrogens with one attached hydrogen (secondary N) is 1. The number of rotatable bonds is 10. The molecule has 1 amide bonds. The summed E-state index contributed by atoms with van der Waals surface area (Å²) in [5.74, 6) is -0.0196. The molecule has 0 saturated carbocycles. The Balaban J connectivity index is 1.80. The van der Waals surface area contributed by atoms with E-state index in [1.54, 1.807) is 24.3 Å². The van der Waals surface area contributed by atoms with Gasteiger partial charge in [0.05, 0.1) is 4.90 Å². The molecule has 0 heterocycles. The van der Waals surface area contributed by atoms with Gasteiger partial charge in [-0.2, -0.15) is 4.31 Å². The molecule has 0 aromatic heterocycles. The van der Waals surface area contributed by atoms with Gasteiger partial charge in [-0.25, -0.2) is 8.42 Å². The monoisotopic (exact) mass is 422 g/mol. The second-order valence-corrected chi connectivity index (χ2v) is 8.83. The van der Waals surface area contributed by atoms with Crippen LogP contribution in [0.15, 0.2) is 53.4 Å². The van der Waals surface area contributed by atoms with Gasteiger partial charge in [0.25, 0.3) is 0 Å². The summed E-state index contributed by atoms with van der Waals surface area (Å²) in [7, 11) is -3.44. The number of halogens is 1. The average Bonchev–Trinajstić information content (AvgIpc) is 2.69. The number of hydrogen-bond donors (Lipinski definition) is 1. The lowest BCUT2D eigenvalue weighted by molar-refractivity contribution is -0.121. The largest absolute Gasteiger partial charge is 0.356 e. The number of aryl methyl sites for hydroxylation is 1. The van der Waals surface area contributed by atoms with E-state index >= 15 is 0 Å². The van der Waals surface area contributed by atoms with Crippen LogP contribution in [0.3, 0.4) is 0 Å². The zero-order chi connectivity index (χ0) is 20.6. The van der Waals surface area contributed by atoms with Crippen LogP contribution in [0.2, 0.25) is 5.02 Å². The van der Waals surface area contributed by atoms with Crippen molar-refractivity contribution in [1.29, 1.82) is 0 Å². The summed E-state index contributed by atoms with van der Waals surface area (Å²) in [5, 5.41) is 3.61. The molecule has 0 aliphatic heterocycles. The molecule has 152 valence electrons. The molecule has 28 heavy (non-hydrogen) atoms. The molecule has 0 bridgehead atoms. The Labute approximate surface area is 172 Å². The second-order valence-electron chi connectivity index (χ2n) is 6.46. The minimum Gasteiger partial charge on any atom is -0.356 e. The summed E-state index contributed by atoms with van der Waals surface area (Å²) in [4.78, 5) is 12.3. The van der Waals surface area contributed by atoms with E-state index in [4.69, 9.17) is 11.6 Å². The zero-order valence-corrected chi connectivity index (χ0v) is 17.9. The summed E-state index contributed by atoms with van der Waals surface area (Å²) in [6.07, 6.45) is 1.68. The van der Waals surface area contributed by atoms with E-state index in [9.17, 15) is 13.2 Å². The number of carbonyl (C=O) groups is 1. The van der Waals surface area contributed by atoms with Gasteiger partial charge in [0.15, 0.2) is 0 Å². The SMILES string of the molecule is CCN(CC)S(=O)(=O)c1ccc(CCC(=O)NCCc2ccc(Cl)cc2)cc1. The van der Waals surface area contributed by atoms with Crippen molar-refractivity contribution in [3.8, 4) is 0 Å². The molecule has 2 aromatic carbocycles. The van der Waals surface area contributed by atoms with Crippen LogP contribution in [0.25, 0.3) is 0 Å². The molecule has 0 fully saturated rings. The quantitative estimate of drug-likeness (QED) is 0.635. The molecule has 2 aromatic rings. The van der Waals surface area contributed by atoms with Gasteiger partial charge in [-0.05, 0) is 48.2 Å². The maximum Gasteiger partial charge on any atom is 0.243 e. The fourth-order valence-electron chi connectivity index (χ4n) is 2.88. The van der Waals surface area contributed by atoms with Crippen LogP contribution >= 0.6 is 11.6 Å². The van der Waals surface area contributed by atoms with Gasteiger partial charge in [0.1, 0.15) is 0 Å². The summed E-state index contributed by atoms with van der Waals surface area (Å²) in [6, 6.07) is 14.3. The summed E-state index contributed by atoms with van der Waals surface area (Å²) >= 11 is 5.85. The van der Waals surface area contributed by atoms with E-state index in [-0.39, 0.29) is 10.8 Å². The van der Waals surface area contributed by atoms with Crippen LogP contribution in [-0.2, 0) is 27.7 Å². The van der Waals surface area contributed by atoms with Crippen LogP contribution in [0.5, 0.6) is 0 Å². The minimum atomic E-state index is -3.44. The highest BCUT2D eigenvalue weighted by atomic mass is 35.5. The number of nitrogens with zero attached hydrogens (tertiary/aromatic N) is 1. The lowest BCUT2D eigenvalue weighted by atomic mass is 10.1. The van der Waals surface area contributed by atoms with Crippen molar-refractivity contribution in [3.05, 3.63) is 64.7 Å². The molecule has 0 aliphatic carbocycles. The maximum atomic E-state index is 12.5. The van der Waals surface area contributed by atoms with Crippen LogP contribution < -0.4 is 5.32 Å². The standard InChI is InChI=1S/C21H27ClN2O3S/c1-3-24(4-2)28(26,27)20-12-7-17(8-13-20)9-14-21(25)23-16-15-18-5-10-19(22)11-6-18/h5-8,10-13H,3-4,9,14-16H2,1-2H3,(H,23,25). The van der Waals surface area contributed by atoms with Crippen molar-refractivity contribution < 1.29 is 13.2 Å². The van der Waals surface area contributed by atoms with Crippen molar-refractivity contribution in [2.45, 2.75) is 38.0 Å². The van der Waals surface area contributed by atoms with E-state index in [1.165, 1.54) is 4.31 Å². The average molecular weight is 423 g/mol. The molecule has 7 heteroatoms. The van der Waals surface area contributed by atoms with Crippen molar-refractivity contribution in [1.82, 2.24) is 9.62 Å². The van der Waals surface area contributed by atoms with Crippen LogP contribution in [0.1, 0.15) is 31.4 Å². The predicted molar refractivity (Wildman–Crippen MR) is 113 cm³/mol. The van der Waals surface area contributed by atoms with Gasteiger partial charge >= 0.3 is 0 Å². The second kappa shape index (κ2) is 10.6. The molecule has 0 aliphatic rings. The fourth-order valence-corrected chi connectivity index (χ4v) is 4.47. The summed E-state index contributed by atoms with van der Waals surface area (Å²) < 4.78 is 26.4. The van der Waals surface area contributed by atoms with Crippen molar-refractivity contribution in [3.63, 3.8) is 0 Å². The Morgan fingerprint density at radius 2 is 1.46 bits per heavy atom. The van der Waals surface area contributed by atoms with Crippen LogP contribution in [0, 0.1) is 0 Å². The molecule has 5 nitrogen and oxygen atoms in total. The molecule has 1 N–H and O–H groups in total. The first kappa shape index (κ1) is 22.4. The Bertz CT molecular complexity index is 862. The van der Waals surface area contributed by atoms with Gasteiger partial charge in [-0.15, -0.1) is 0 Å². The van der Waals surface area contributed by atoms with Crippen molar-refractivity contribution in [2.75, 3.05) is 19.6 Å². The Kier molecular flexibility index (Phi) is 8.48. The molecular weight excluding hydrogens is 396 g/mol. The number of benzene rings is 2. The third-order valence-corrected chi connectivity index (χ3v) is 6.87. The normalized spacial score (nSPS) is 11.6. The highest BCUT2D eigenvalue weighted by Crippen LogP contribution is 2.17. The van der Waals surface area contributed by atoms with Gasteiger partial charge in [0, 0.05) is 31.1 Å². The number of carbonyl (C=O) groups excluding carboxylic acids is 1. The van der Waals surface area contributed by atoms with Crippen molar-refractivity contribution in [2.24, 2.45) is 0 Å². The highest BCUT2D eigenvalue weighted by molar-refractivity contribution is 7.89. The fraction of sp³-hybridized carbons (Fsp3) is 0.381. The van der Waals surface area contributed by atoms with E-state index in [0.717, 1.165) is 17.5 Å². The highest BCUT2D eigenvalue weighted by Gasteiger charge is 2.21. The third kappa shape index (κ3) is 6.33. The molecule has 0 unspecified atom stereocenters. The smallest absolute Gasteiger partial charge is 0.243 e. The molecule has 0 radical (unpaired) electrons. The maximum absolute atomic E-state index is 12.5. The van der Waals surface area contributed by atoms with Gasteiger partial charge in [0.2, 0.25) is 15.9 Å². The van der Waals surface area contributed by atoms with Gasteiger partial charge < -0.3 is 5.32 Å². The van der Waals surface area contributed by atoms with Crippen LogP contribution in [0.4, 0.5) is 0 Å². The van der Waals surface area contributed by atoms with E-state index in [0.29, 0.717) is 37.5 Å². The lowest BCUT2D eigenvalue weighted by Gasteiger charge is -2.18. The van der Waals surface area contributed by atoms with Crippen LogP contribution in [-0.4, -0.2) is 38.3 Å². The molecular formula is C21H27ClN2O3S. The van der Waals surface area contributed by atoms with Gasteiger partial charge in [-0.3, -0.25) is 4.79 Å². The number of sulfonamides is 1. The molecule has 0 saturated heterocycles. The third-order valence-electron chi connectivity index (χ3n) is 4.56. The Morgan fingerprint density at radius 1 is 0.929 bits per heavy atom. The first-order valence-corrected chi connectivity index (χ1v) is 11.3. The molecule has 2 rings (SSSR count). The summed E-state index contributed by atoms with van der Waals surface area (Å²) in [5.41, 5.74) is 2.06. The van der Waals surface area contributed by atoms with Crippen molar-refractivity contribution >= 4 is 27.5 Å². The minimum absolute atomic E-state index is 0.0196. The lowest BCUT2D eigenvalue weighted by Crippen LogP contribution is -2.30. The topological polar surface area (TPSA) is 66.5 Å². The molecule has 0 atom stereocenters. The predicted octanol–water partition coefficient (Wildman–Crippen LogP) is 3.66. The van der Waals surface area contributed by atoms with E-state index in [1.807, 2.05) is 38.1 Å². The number of hydrogen-bond acceptors (Lipinski definition) is 3. The number of amides is 1. The van der Waals surface area contributed by atoms with E-state index in [2.05, 4.69) is 5.32 Å². The Morgan fingerprint density at radius 3 is 2.04 bits per heavy atom. The first-order chi connectivity index (χ1) is 13.4. The first-order valence-electron chi connectivity index (χ1n) is 9.47. The zero-order valence-electron chi connectivity index (χ0n) is 16.3. The van der Waals surface area contributed by atoms with Gasteiger partial charge in [-0.1, -0.05) is 49.7 Å². The van der Waals surface area contributed by atoms with E-state index < -0.39 is 10.0 Å². The molecule has 0 spiro atoms. The Hall–Kier alpha value is -1.89. The summed E-state index contributed by atoms with van der Waals surface area (Å²) in [6.45, 7) is 5.09.